The number of aromatic carboxylic acids is 1. The molecule has 1 fully saturated rings. The summed E-state index contributed by atoms with van der Waals surface area (Å²) in [6, 6.07) is 8.34. The third-order valence-electron chi connectivity index (χ3n) is 4.64. The predicted octanol–water partition coefficient (Wildman–Crippen LogP) is 2.74. The molecule has 1 N–H and O–H groups in total. The fourth-order valence-corrected chi connectivity index (χ4v) is 3.25. The molecule has 26 heavy (non-hydrogen) atoms. The number of piperidine rings is 1. The van der Waals surface area contributed by atoms with E-state index in [0.29, 0.717) is 16.9 Å². The molecule has 0 atom stereocenters. The first-order chi connectivity index (χ1) is 12.6. The van der Waals surface area contributed by atoms with E-state index in [0.717, 1.165) is 38.0 Å². The Bertz CT molecular complexity index is 972. The number of carboxylic acid groups (broad SMARTS) is 1. The van der Waals surface area contributed by atoms with E-state index in [9.17, 15) is 9.59 Å². The van der Waals surface area contributed by atoms with Crippen LogP contribution in [0, 0.1) is 0 Å². The van der Waals surface area contributed by atoms with Crippen LogP contribution in [0.1, 0.15) is 40.1 Å². The van der Waals surface area contributed by atoms with Gasteiger partial charge in [0.1, 0.15) is 11.2 Å². The third kappa shape index (κ3) is 2.92. The first-order valence-electron chi connectivity index (χ1n) is 8.60. The molecule has 2 aromatic heterocycles. The first kappa shape index (κ1) is 16.3. The van der Waals surface area contributed by atoms with E-state index in [1.165, 1.54) is 6.20 Å². The molecule has 1 aromatic carbocycles. The van der Waals surface area contributed by atoms with Gasteiger partial charge in [-0.2, -0.15) is 0 Å². The second-order valence-corrected chi connectivity index (χ2v) is 6.35. The Balaban J connectivity index is 1.65. The molecule has 1 aliphatic rings. The summed E-state index contributed by atoms with van der Waals surface area (Å²) in [5, 5.41) is 9.00. The second kappa shape index (κ2) is 6.59. The minimum absolute atomic E-state index is 0.0716. The Hall–Kier alpha value is -3.22. The number of rotatable bonds is 3. The normalized spacial score (nSPS) is 14.5. The lowest BCUT2D eigenvalue weighted by molar-refractivity contribution is 0.0693. The molecule has 0 spiro atoms. The molecule has 0 aliphatic carbocycles. The van der Waals surface area contributed by atoms with Crippen LogP contribution in [-0.4, -0.2) is 49.5 Å². The predicted molar refractivity (Wildman–Crippen MR) is 95.6 cm³/mol. The summed E-state index contributed by atoms with van der Waals surface area (Å²) in [5.74, 6) is -1.03. The van der Waals surface area contributed by atoms with Gasteiger partial charge in [0.05, 0.1) is 11.8 Å². The van der Waals surface area contributed by atoms with Crippen LogP contribution in [0.5, 0.6) is 0 Å². The van der Waals surface area contributed by atoms with Crippen LogP contribution < -0.4 is 0 Å². The molecule has 4 rings (SSSR count). The van der Waals surface area contributed by atoms with Gasteiger partial charge in [0.15, 0.2) is 5.65 Å². The Kier molecular flexibility index (Phi) is 4.12. The van der Waals surface area contributed by atoms with E-state index in [1.54, 1.807) is 30.3 Å². The molecule has 0 unspecified atom stereocenters. The molecule has 0 bridgehead atoms. The van der Waals surface area contributed by atoms with Gasteiger partial charge < -0.3 is 10.0 Å². The summed E-state index contributed by atoms with van der Waals surface area (Å²) < 4.78 is 1.82. The van der Waals surface area contributed by atoms with Crippen molar-refractivity contribution in [1.29, 1.82) is 0 Å². The highest BCUT2D eigenvalue weighted by atomic mass is 16.4. The van der Waals surface area contributed by atoms with E-state index in [-0.39, 0.29) is 11.5 Å². The number of benzene rings is 1. The van der Waals surface area contributed by atoms with Crippen LogP contribution in [0.15, 0.2) is 42.7 Å². The van der Waals surface area contributed by atoms with Gasteiger partial charge in [-0.3, -0.25) is 9.36 Å². The highest BCUT2D eigenvalue weighted by Crippen LogP contribution is 2.19. The quantitative estimate of drug-likeness (QED) is 0.785. The number of nitrogens with zero attached hydrogens (tertiary/aromatic N) is 4. The topological polar surface area (TPSA) is 88.3 Å². The minimum Gasteiger partial charge on any atom is -0.478 e. The van der Waals surface area contributed by atoms with Crippen molar-refractivity contribution in [3.8, 4) is 5.69 Å². The summed E-state index contributed by atoms with van der Waals surface area (Å²) in [5.41, 5.74) is 2.64. The molecular weight excluding hydrogens is 332 g/mol. The average molecular weight is 350 g/mol. The average Bonchev–Trinajstić information content (AvgIpc) is 3.11. The maximum atomic E-state index is 12.6. The number of hydrogen-bond acceptors (Lipinski definition) is 4. The van der Waals surface area contributed by atoms with Gasteiger partial charge in [0.25, 0.3) is 5.91 Å². The lowest BCUT2D eigenvalue weighted by Gasteiger charge is -2.26. The SMILES string of the molecule is O=C(O)c1ccc(-n2ccc3nc(C(=O)N4CCCCC4)cnc32)cc1. The van der Waals surface area contributed by atoms with Gasteiger partial charge >= 0.3 is 5.97 Å². The van der Waals surface area contributed by atoms with Crippen LogP contribution in [0.3, 0.4) is 0 Å². The van der Waals surface area contributed by atoms with E-state index in [2.05, 4.69) is 9.97 Å². The fraction of sp³-hybridized carbons (Fsp3) is 0.263. The van der Waals surface area contributed by atoms with E-state index in [1.807, 2.05) is 15.7 Å². The molecule has 7 nitrogen and oxygen atoms in total. The summed E-state index contributed by atoms with van der Waals surface area (Å²) in [7, 11) is 0. The Morgan fingerprint density at radius 3 is 2.42 bits per heavy atom. The van der Waals surface area contributed by atoms with Crippen molar-refractivity contribution >= 4 is 23.0 Å². The molecule has 1 aliphatic heterocycles. The van der Waals surface area contributed by atoms with Crippen LogP contribution in [0.4, 0.5) is 0 Å². The highest BCUT2D eigenvalue weighted by Gasteiger charge is 2.20. The summed E-state index contributed by atoms with van der Waals surface area (Å²) in [6.45, 7) is 1.55. The monoisotopic (exact) mass is 350 g/mol. The summed E-state index contributed by atoms with van der Waals surface area (Å²) in [4.78, 5) is 34.3. The third-order valence-corrected chi connectivity index (χ3v) is 4.64. The number of hydrogen-bond donors (Lipinski definition) is 1. The lowest BCUT2D eigenvalue weighted by Crippen LogP contribution is -2.36. The lowest BCUT2D eigenvalue weighted by atomic mass is 10.1. The number of carbonyl (C=O) groups excluding carboxylic acids is 1. The van der Waals surface area contributed by atoms with Crippen molar-refractivity contribution < 1.29 is 14.7 Å². The zero-order valence-electron chi connectivity index (χ0n) is 14.1. The molecule has 3 heterocycles. The van der Waals surface area contributed by atoms with Crippen molar-refractivity contribution in [2.75, 3.05) is 13.1 Å². The molecule has 3 aromatic rings. The number of likely N-dealkylation sites (tertiary alicyclic amines) is 1. The Labute approximate surface area is 149 Å². The van der Waals surface area contributed by atoms with Gasteiger partial charge in [-0.15, -0.1) is 0 Å². The maximum absolute atomic E-state index is 12.6. The second-order valence-electron chi connectivity index (χ2n) is 6.35. The Morgan fingerprint density at radius 1 is 1.00 bits per heavy atom. The molecule has 1 amide bonds. The largest absolute Gasteiger partial charge is 0.478 e. The minimum atomic E-state index is -0.963. The van der Waals surface area contributed by atoms with Crippen LogP contribution in [0.25, 0.3) is 16.9 Å². The van der Waals surface area contributed by atoms with E-state index >= 15 is 0 Å². The van der Waals surface area contributed by atoms with Crippen LogP contribution >= 0.6 is 0 Å². The standard InChI is InChI=1S/C19H18N4O3/c24-18(22-9-2-1-3-10-22)16-12-20-17-15(21-16)8-11-23(17)14-6-4-13(5-7-14)19(25)26/h4-8,11-12H,1-3,9-10H2,(H,25,26). The molecule has 0 saturated carbocycles. The van der Waals surface area contributed by atoms with Crippen LogP contribution in [0.2, 0.25) is 0 Å². The highest BCUT2D eigenvalue weighted by molar-refractivity contribution is 5.93. The number of carboxylic acids is 1. The molecule has 1 saturated heterocycles. The van der Waals surface area contributed by atoms with Crippen molar-refractivity contribution in [3.63, 3.8) is 0 Å². The number of amides is 1. The van der Waals surface area contributed by atoms with Gasteiger partial charge in [0, 0.05) is 25.0 Å². The van der Waals surface area contributed by atoms with E-state index < -0.39 is 5.97 Å². The van der Waals surface area contributed by atoms with Crippen molar-refractivity contribution in [2.24, 2.45) is 0 Å². The number of aromatic nitrogens is 3. The van der Waals surface area contributed by atoms with E-state index in [4.69, 9.17) is 5.11 Å². The van der Waals surface area contributed by atoms with Gasteiger partial charge in [-0.05, 0) is 49.6 Å². The Morgan fingerprint density at radius 2 is 1.73 bits per heavy atom. The summed E-state index contributed by atoms with van der Waals surface area (Å²) >= 11 is 0. The zero-order chi connectivity index (χ0) is 18.1. The van der Waals surface area contributed by atoms with Gasteiger partial charge in [0.2, 0.25) is 0 Å². The molecule has 7 heteroatoms. The van der Waals surface area contributed by atoms with Crippen molar-refractivity contribution in [2.45, 2.75) is 19.3 Å². The number of carbonyl (C=O) groups is 2. The zero-order valence-corrected chi connectivity index (χ0v) is 14.1. The summed E-state index contributed by atoms with van der Waals surface area (Å²) in [6.07, 6.45) is 6.56. The van der Waals surface area contributed by atoms with Gasteiger partial charge in [-0.1, -0.05) is 0 Å². The molecular formula is C19H18N4O3. The first-order valence-corrected chi connectivity index (χ1v) is 8.60. The molecule has 132 valence electrons. The van der Waals surface area contributed by atoms with Crippen molar-refractivity contribution in [1.82, 2.24) is 19.4 Å². The smallest absolute Gasteiger partial charge is 0.335 e. The maximum Gasteiger partial charge on any atom is 0.335 e. The fourth-order valence-electron chi connectivity index (χ4n) is 3.25. The van der Waals surface area contributed by atoms with Crippen LogP contribution in [-0.2, 0) is 0 Å². The molecule has 0 radical (unpaired) electrons. The number of fused-ring (bicyclic) bond motifs is 1. The van der Waals surface area contributed by atoms with Crippen molar-refractivity contribution in [3.05, 3.63) is 54.0 Å². The van der Waals surface area contributed by atoms with Gasteiger partial charge in [-0.25, -0.2) is 14.8 Å².